The second kappa shape index (κ2) is 16.7. The molecule has 1 heterocycles. The fourth-order valence-electron chi connectivity index (χ4n) is 4.12. The van der Waals surface area contributed by atoms with E-state index >= 15 is 0 Å². The fourth-order valence-corrected chi connectivity index (χ4v) is 4.12. The summed E-state index contributed by atoms with van der Waals surface area (Å²) in [6, 6.07) is 1.01. The summed E-state index contributed by atoms with van der Waals surface area (Å²) in [5, 5.41) is 0. The van der Waals surface area contributed by atoms with E-state index in [0.717, 1.165) is 6.04 Å². The fraction of sp³-hybridized carbons (Fsp3) is 1.00. The zero-order valence-electron chi connectivity index (χ0n) is 16.2. The lowest BCUT2D eigenvalue weighted by molar-refractivity contribution is -0.931. The summed E-state index contributed by atoms with van der Waals surface area (Å²) in [6.07, 6.45) is 23.5. The summed E-state index contributed by atoms with van der Waals surface area (Å²) in [4.78, 5) is 1.96. The van der Waals surface area contributed by atoms with Crippen molar-refractivity contribution in [3.8, 4) is 0 Å². The van der Waals surface area contributed by atoms with Gasteiger partial charge in [0.05, 0.1) is 19.1 Å². The SMILES string of the molecule is CCCCCCCCCCCC[NH+]1CCCCC1CCCC.[F-]. The molecule has 0 aromatic rings. The Bertz CT molecular complexity index is 232. The van der Waals surface area contributed by atoms with E-state index in [1.54, 1.807) is 0 Å². The van der Waals surface area contributed by atoms with Crippen LogP contribution < -0.4 is 9.60 Å². The van der Waals surface area contributed by atoms with Gasteiger partial charge in [-0.1, -0.05) is 71.6 Å². The van der Waals surface area contributed by atoms with Crippen LogP contribution in [0.25, 0.3) is 0 Å². The molecule has 0 amide bonds. The molecule has 0 bridgehead atoms. The predicted octanol–water partition coefficient (Wildman–Crippen LogP) is 2.54. The summed E-state index contributed by atoms with van der Waals surface area (Å²) >= 11 is 0. The van der Waals surface area contributed by atoms with Crippen molar-refractivity contribution < 1.29 is 9.60 Å². The minimum absolute atomic E-state index is 0. The van der Waals surface area contributed by atoms with Crippen molar-refractivity contribution in [1.29, 1.82) is 0 Å². The third-order valence-electron chi connectivity index (χ3n) is 5.64. The molecule has 23 heavy (non-hydrogen) atoms. The van der Waals surface area contributed by atoms with E-state index in [1.807, 2.05) is 4.90 Å². The maximum atomic E-state index is 2.34. The normalized spacial score (nSPS) is 21.1. The molecule has 1 N–H and O–H groups in total. The van der Waals surface area contributed by atoms with Gasteiger partial charge in [0.2, 0.25) is 0 Å². The molecule has 0 radical (unpaired) electrons. The number of likely N-dealkylation sites (tertiary alicyclic amines) is 1. The summed E-state index contributed by atoms with van der Waals surface area (Å²) in [7, 11) is 0. The first-order valence-electron chi connectivity index (χ1n) is 10.7. The molecule has 1 aliphatic heterocycles. The van der Waals surface area contributed by atoms with Crippen LogP contribution in [0.3, 0.4) is 0 Å². The van der Waals surface area contributed by atoms with Gasteiger partial charge >= 0.3 is 0 Å². The number of hydrogen-bond donors (Lipinski definition) is 1. The topological polar surface area (TPSA) is 4.44 Å². The van der Waals surface area contributed by atoms with Gasteiger partial charge in [-0.15, -0.1) is 0 Å². The van der Waals surface area contributed by atoms with Crippen molar-refractivity contribution >= 4 is 0 Å². The molecule has 0 aromatic heterocycles. The van der Waals surface area contributed by atoms with E-state index in [4.69, 9.17) is 0 Å². The average Bonchev–Trinajstić information content (AvgIpc) is 2.55. The maximum absolute atomic E-state index is 2.34. The Morgan fingerprint density at radius 2 is 1.26 bits per heavy atom. The number of halogens is 1. The van der Waals surface area contributed by atoms with Gasteiger partial charge in [0.1, 0.15) is 0 Å². The second-order valence-electron chi connectivity index (χ2n) is 7.68. The van der Waals surface area contributed by atoms with E-state index in [2.05, 4.69) is 13.8 Å². The first kappa shape index (κ1) is 22.9. The summed E-state index contributed by atoms with van der Waals surface area (Å²) < 4.78 is 0. The summed E-state index contributed by atoms with van der Waals surface area (Å²) in [6.45, 7) is 7.57. The summed E-state index contributed by atoms with van der Waals surface area (Å²) in [5.74, 6) is 0. The van der Waals surface area contributed by atoms with E-state index in [-0.39, 0.29) is 4.70 Å². The third-order valence-corrected chi connectivity index (χ3v) is 5.64. The van der Waals surface area contributed by atoms with Crippen LogP contribution in [0.5, 0.6) is 0 Å². The van der Waals surface area contributed by atoms with Crippen molar-refractivity contribution in [2.24, 2.45) is 0 Å². The minimum atomic E-state index is 0. The Morgan fingerprint density at radius 1 is 0.696 bits per heavy atom. The predicted molar refractivity (Wildman–Crippen MR) is 99.7 cm³/mol. The van der Waals surface area contributed by atoms with Crippen molar-refractivity contribution in [3.63, 3.8) is 0 Å². The lowest BCUT2D eigenvalue weighted by Gasteiger charge is -2.32. The summed E-state index contributed by atoms with van der Waals surface area (Å²) in [5.41, 5.74) is 0. The average molecular weight is 330 g/mol. The standard InChI is InChI=1S/C21H43N.FH/c1-3-5-7-8-9-10-11-12-13-15-19-22-20-16-14-18-21(22)17-6-4-2;/h21H,3-20H2,1-2H3;1H. The van der Waals surface area contributed by atoms with Crippen LogP contribution in [-0.4, -0.2) is 19.1 Å². The van der Waals surface area contributed by atoms with Crippen molar-refractivity contribution in [2.75, 3.05) is 13.1 Å². The Balaban J connectivity index is 0.00000484. The van der Waals surface area contributed by atoms with Crippen molar-refractivity contribution in [3.05, 3.63) is 0 Å². The molecule has 0 saturated carbocycles. The van der Waals surface area contributed by atoms with Crippen LogP contribution in [0.2, 0.25) is 0 Å². The number of unbranched alkanes of at least 4 members (excludes halogenated alkanes) is 10. The van der Waals surface area contributed by atoms with Gasteiger partial charge in [0.15, 0.2) is 0 Å². The van der Waals surface area contributed by atoms with E-state index in [1.165, 1.54) is 116 Å². The molecule has 2 unspecified atom stereocenters. The zero-order chi connectivity index (χ0) is 15.9. The van der Waals surface area contributed by atoms with E-state index in [0.29, 0.717) is 0 Å². The smallest absolute Gasteiger partial charge is 0.0874 e. The number of rotatable bonds is 14. The van der Waals surface area contributed by atoms with Crippen LogP contribution >= 0.6 is 0 Å². The molecule has 1 saturated heterocycles. The third kappa shape index (κ3) is 12.0. The molecule has 2 heteroatoms. The van der Waals surface area contributed by atoms with Crippen LogP contribution in [0.1, 0.15) is 117 Å². The second-order valence-corrected chi connectivity index (χ2v) is 7.68. The first-order chi connectivity index (χ1) is 10.9. The van der Waals surface area contributed by atoms with Crippen LogP contribution in [-0.2, 0) is 0 Å². The molecule has 0 aliphatic carbocycles. The molecular formula is C21H44FN. The highest BCUT2D eigenvalue weighted by molar-refractivity contribution is 4.62. The first-order valence-corrected chi connectivity index (χ1v) is 10.7. The van der Waals surface area contributed by atoms with Gasteiger partial charge in [-0.05, 0) is 44.9 Å². The molecule has 1 rings (SSSR count). The molecule has 2 atom stereocenters. The monoisotopic (exact) mass is 329 g/mol. The highest BCUT2D eigenvalue weighted by Crippen LogP contribution is 2.11. The highest BCUT2D eigenvalue weighted by Gasteiger charge is 2.24. The van der Waals surface area contributed by atoms with Gasteiger partial charge in [0.25, 0.3) is 0 Å². The van der Waals surface area contributed by atoms with Gasteiger partial charge in [-0.3, -0.25) is 0 Å². The molecule has 1 fully saturated rings. The molecule has 1 aliphatic rings. The van der Waals surface area contributed by atoms with Gasteiger partial charge in [-0.2, -0.15) is 0 Å². The number of nitrogens with one attached hydrogen (secondary N) is 1. The van der Waals surface area contributed by atoms with Crippen LogP contribution in [0, 0.1) is 0 Å². The molecule has 0 aromatic carbocycles. The van der Waals surface area contributed by atoms with Crippen molar-refractivity contribution in [1.82, 2.24) is 0 Å². The number of quaternary nitrogens is 1. The van der Waals surface area contributed by atoms with Gasteiger partial charge < -0.3 is 9.60 Å². The Labute approximate surface area is 146 Å². The molecule has 0 spiro atoms. The minimum Gasteiger partial charge on any atom is -1.00 e. The maximum Gasteiger partial charge on any atom is 0.0874 e. The van der Waals surface area contributed by atoms with Crippen LogP contribution in [0.4, 0.5) is 0 Å². The highest BCUT2D eigenvalue weighted by atomic mass is 19.0. The quantitative estimate of drug-likeness (QED) is 0.467. The Hall–Kier alpha value is -0.110. The molecule has 1 nitrogen and oxygen atoms in total. The Morgan fingerprint density at radius 3 is 1.87 bits per heavy atom. The lowest BCUT2D eigenvalue weighted by atomic mass is 9.97. The van der Waals surface area contributed by atoms with Crippen molar-refractivity contribution in [2.45, 2.75) is 123 Å². The van der Waals surface area contributed by atoms with E-state index < -0.39 is 0 Å². The number of hydrogen-bond acceptors (Lipinski definition) is 0. The largest absolute Gasteiger partial charge is 1.00 e. The lowest BCUT2D eigenvalue weighted by Crippen LogP contribution is -3.16. The Kier molecular flexibility index (Phi) is 16.7. The van der Waals surface area contributed by atoms with E-state index in [9.17, 15) is 0 Å². The van der Waals surface area contributed by atoms with Gasteiger partial charge in [-0.25, -0.2) is 0 Å². The van der Waals surface area contributed by atoms with Gasteiger partial charge in [0, 0.05) is 0 Å². The molecular weight excluding hydrogens is 285 g/mol. The number of piperidine rings is 1. The van der Waals surface area contributed by atoms with Crippen LogP contribution in [0.15, 0.2) is 0 Å². The molecule has 140 valence electrons. The zero-order valence-corrected chi connectivity index (χ0v) is 16.2.